The summed E-state index contributed by atoms with van der Waals surface area (Å²) in [4.78, 5) is 21.3. The van der Waals surface area contributed by atoms with Crippen LogP contribution >= 0.6 is 0 Å². The van der Waals surface area contributed by atoms with Crippen LogP contribution in [0.25, 0.3) is 0 Å². The van der Waals surface area contributed by atoms with E-state index in [1.165, 1.54) is 12.1 Å². The number of aldehydes is 1. The molecule has 1 amide bonds. The monoisotopic (exact) mass is 231 g/mol. The lowest BCUT2D eigenvalue weighted by molar-refractivity contribution is -0.167. The van der Waals surface area contributed by atoms with Crippen LogP contribution < -0.4 is 5.32 Å². The van der Waals surface area contributed by atoms with Crippen molar-refractivity contribution < 1.29 is 22.8 Å². The van der Waals surface area contributed by atoms with Crippen molar-refractivity contribution in [2.75, 3.05) is 5.32 Å². The second kappa shape index (κ2) is 4.34. The summed E-state index contributed by atoms with van der Waals surface area (Å²) in [6.45, 7) is 1.56. The largest absolute Gasteiger partial charge is 0.471 e. The number of benzene rings is 1. The van der Waals surface area contributed by atoms with Crippen molar-refractivity contribution in [2.45, 2.75) is 13.1 Å². The SMILES string of the molecule is Cc1cccc(NC(=O)C(F)(F)F)c1C=O. The zero-order valence-corrected chi connectivity index (χ0v) is 8.26. The number of amides is 1. The maximum Gasteiger partial charge on any atom is 0.471 e. The van der Waals surface area contributed by atoms with Gasteiger partial charge in [-0.15, -0.1) is 0 Å². The third-order valence-electron chi connectivity index (χ3n) is 1.95. The molecule has 0 spiro atoms. The summed E-state index contributed by atoms with van der Waals surface area (Å²) in [6.07, 6.45) is -4.56. The number of hydrogen-bond acceptors (Lipinski definition) is 2. The molecule has 0 heterocycles. The van der Waals surface area contributed by atoms with Crippen LogP contribution in [-0.4, -0.2) is 18.4 Å². The highest BCUT2D eigenvalue weighted by Crippen LogP contribution is 2.21. The summed E-state index contributed by atoms with van der Waals surface area (Å²) < 4.78 is 35.9. The van der Waals surface area contributed by atoms with Gasteiger partial charge in [0.15, 0.2) is 6.29 Å². The van der Waals surface area contributed by atoms with Gasteiger partial charge in [0, 0.05) is 5.56 Å². The van der Waals surface area contributed by atoms with Crippen LogP contribution in [0.5, 0.6) is 0 Å². The van der Waals surface area contributed by atoms with Gasteiger partial charge >= 0.3 is 12.1 Å². The zero-order chi connectivity index (χ0) is 12.3. The Morgan fingerprint density at radius 3 is 2.50 bits per heavy atom. The van der Waals surface area contributed by atoms with Crippen LogP contribution in [-0.2, 0) is 4.79 Å². The van der Waals surface area contributed by atoms with Gasteiger partial charge in [-0.1, -0.05) is 12.1 Å². The Morgan fingerprint density at radius 1 is 1.38 bits per heavy atom. The fourth-order valence-corrected chi connectivity index (χ4v) is 1.14. The highest BCUT2D eigenvalue weighted by molar-refractivity contribution is 5.99. The quantitative estimate of drug-likeness (QED) is 0.794. The Kier molecular flexibility index (Phi) is 3.31. The molecule has 86 valence electrons. The average Bonchev–Trinajstić information content (AvgIpc) is 2.16. The molecular weight excluding hydrogens is 223 g/mol. The van der Waals surface area contributed by atoms with Crippen LogP contribution in [0.3, 0.4) is 0 Å². The van der Waals surface area contributed by atoms with Crippen molar-refractivity contribution in [3.63, 3.8) is 0 Å². The van der Waals surface area contributed by atoms with Gasteiger partial charge in [0.2, 0.25) is 0 Å². The summed E-state index contributed by atoms with van der Waals surface area (Å²) in [6, 6.07) is 4.25. The second-order valence-electron chi connectivity index (χ2n) is 3.11. The first kappa shape index (κ1) is 12.2. The molecular formula is C10H8F3NO2. The van der Waals surface area contributed by atoms with Crippen molar-refractivity contribution in [3.05, 3.63) is 29.3 Å². The van der Waals surface area contributed by atoms with Crippen molar-refractivity contribution >= 4 is 17.9 Å². The van der Waals surface area contributed by atoms with E-state index in [0.717, 1.165) is 0 Å². The van der Waals surface area contributed by atoms with Crippen molar-refractivity contribution in [1.82, 2.24) is 0 Å². The Morgan fingerprint density at radius 2 is 2.00 bits per heavy atom. The molecule has 0 aliphatic rings. The lowest BCUT2D eigenvalue weighted by Gasteiger charge is -2.10. The van der Waals surface area contributed by atoms with Gasteiger partial charge < -0.3 is 5.32 Å². The number of carbonyl (C=O) groups is 2. The van der Waals surface area contributed by atoms with E-state index >= 15 is 0 Å². The molecule has 0 saturated heterocycles. The Labute approximate surface area is 89.3 Å². The number of alkyl halides is 3. The zero-order valence-electron chi connectivity index (χ0n) is 8.26. The van der Waals surface area contributed by atoms with E-state index in [1.54, 1.807) is 18.3 Å². The molecule has 1 aromatic carbocycles. The molecule has 1 rings (SSSR count). The van der Waals surface area contributed by atoms with E-state index in [9.17, 15) is 22.8 Å². The molecule has 1 N–H and O–H groups in total. The number of aryl methyl sites for hydroxylation is 1. The molecule has 6 heteroatoms. The Bertz CT molecular complexity index is 427. The van der Waals surface area contributed by atoms with Crippen molar-refractivity contribution in [3.8, 4) is 0 Å². The number of hydrogen-bond donors (Lipinski definition) is 1. The third kappa shape index (κ3) is 2.59. The first-order valence-corrected chi connectivity index (χ1v) is 4.29. The summed E-state index contributed by atoms with van der Waals surface area (Å²) >= 11 is 0. The molecule has 0 saturated carbocycles. The van der Waals surface area contributed by atoms with Crippen LogP contribution in [0, 0.1) is 6.92 Å². The minimum atomic E-state index is -4.97. The van der Waals surface area contributed by atoms with Crippen LogP contribution in [0.15, 0.2) is 18.2 Å². The van der Waals surface area contributed by atoms with Gasteiger partial charge in [-0.2, -0.15) is 13.2 Å². The smallest absolute Gasteiger partial charge is 0.318 e. The fraction of sp³-hybridized carbons (Fsp3) is 0.200. The molecule has 16 heavy (non-hydrogen) atoms. The maximum absolute atomic E-state index is 12.0. The Balaban J connectivity index is 3.03. The summed E-state index contributed by atoms with van der Waals surface area (Å²) in [7, 11) is 0. The molecule has 0 aliphatic heterocycles. The summed E-state index contributed by atoms with van der Waals surface area (Å²) in [5.41, 5.74) is 0.396. The maximum atomic E-state index is 12.0. The molecule has 0 radical (unpaired) electrons. The van der Waals surface area contributed by atoms with Gasteiger partial charge in [0.25, 0.3) is 0 Å². The first-order valence-electron chi connectivity index (χ1n) is 4.29. The van der Waals surface area contributed by atoms with Crippen LogP contribution in [0.4, 0.5) is 18.9 Å². The lowest BCUT2D eigenvalue weighted by atomic mass is 10.1. The molecule has 0 aromatic heterocycles. The topological polar surface area (TPSA) is 46.2 Å². The average molecular weight is 231 g/mol. The number of rotatable bonds is 2. The third-order valence-corrected chi connectivity index (χ3v) is 1.95. The number of anilines is 1. The predicted octanol–water partition coefficient (Wildman–Crippen LogP) is 2.31. The molecule has 0 aliphatic carbocycles. The van der Waals surface area contributed by atoms with E-state index in [2.05, 4.69) is 0 Å². The standard InChI is InChI=1S/C10H8F3NO2/c1-6-3-2-4-8(7(6)5-15)14-9(16)10(11,12)13/h2-5H,1H3,(H,14,16). The highest BCUT2D eigenvalue weighted by Gasteiger charge is 2.38. The Hall–Kier alpha value is -1.85. The molecule has 0 fully saturated rings. The van der Waals surface area contributed by atoms with E-state index < -0.39 is 12.1 Å². The normalized spacial score (nSPS) is 11.0. The van der Waals surface area contributed by atoms with Gasteiger partial charge in [-0.25, -0.2) is 0 Å². The van der Waals surface area contributed by atoms with Crippen LogP contribution in [0.1, 0.15) is 15.9 Å². The van der Waals surface area contributed by atoms with E-state index in [1.807, 2.05) is 0 Å². The highest BCUT2D eigenvalue weighted by atomic mass is 19.4. The number of halogens is 3. The number of nitrogens with one attached hydrogen (secondary N) is 1. The fourth-order valence-electron chi connectivity index (χ4n) is 1.14. The lowest BCUT2D eigenvalue weighted by Crippen LogP contribution is -2.30. The summed E-state index contributed by atoms with van der Waals surface area (Å²) in [5.74, 6) is -2.10. The minimum Gasteiger partial charge on any atom is -0.318 e. The summed E-state index contributed by atoms with van der Waals surface area (Å²) in [5, 5.41) is 1.65. The molecule has 3 nitrogen and oxygen atoms in total. The van der Waals surface area contributed by atoms with Gasteiger partial charge in [0.1, 0.15) is 0 Å². The molecule has 0 unspecified atom stereocenters. The molecule has 0 atom stereocenters. The molecule has 1 aromatic rings. The second-order valence-corrected chi connectivity index (χ2v) is 3.11. The van der Waals surface area contributed by atoms with E-state index in [0.29, 0.717) is 11.8 Å². The predicted molar refractivity (Wildman–Crippen MR) is 51.3 cm³/mol. The van der Waals surface area contributed by atoms with Crippen molar-refractivity contribution in [2.24, 2.45) is 0 Å². The van der Waals surface area contributed by atoms with Crippen molar-refractivity contribution in [1.29, 1.82) is 0 Å². The van der Waals surface area contributed by atoms with Gasteiger partial charge in [0.05, 0.1) is 5.69 Å². The van der Waals surface area contributed by atoms with E-state index in [4.69, 9.17) is 0 Å². The molecule has 0 bridgehead atoms. The van der Waals surface area contributed by atoms with Gasteiger partial charge in [-0.3, -0.25) is 9.59 Å². The minimum absolute atomic E-state index is 0.0418. The van der Waals surface area contributed by atoms with E-state index in [-0.39, 0.29) is 11.3 Å². The first-order chi connectivity index (χ1) is 7.36. The number of carbonyl (C=O) groups excluding carboxylic acids is 2. The van der Waals surface area contributed by atoms with Gasteiger partial charge in [-0.05, 0) is 18.6 Å². The van der Waals surface area contributed by atoms with Crippen LogP contribution in [0.2, 0.25) is 0 Å².